The number of carbonyl (C=O) groups is 3. The highest BCUT2D eigenvalue weighted by molar-refractivity contribution is 8.16. The van der Waals surface area contributed by atoms with E-state index in [9.17, 15) is 14.4 Å². The van der Waals surface area contributed by atoms with E-state index in [0.717, 1.165) is 16.7 Å². The van der Waals surface area contributed by atoms with Gasteiger partial charge in [0.15, 0.2) is 5.62 Å². The van der Waals surface area contributed by atoms with Crippen molar-refractivity contribution in [2.45, 2.75) is 20.8 Å². The smallest absolute Gasteiger partial charge is 0.323 e. The molecule has 0 fully saturated rings. The maximum Gasteiger partial charge on any atom is 0.323 e. The van der Waals surface area contributed by atoms with Gasteiger partial charge in [0.2, 0.25) is 0 Å². The first-order chi connectivity index (χ1) is 7.52. The van der Waals surface area contributed by atoms with Crippen LogP contribution in [0.3, 0.4) is 0 Å². The summed E-state index contributed by atoms with van der Waals surface area (Å²) in [4.78, 5) is 33.1. The molecule has 0 saturated heterocycles. The number of nitrogens with zero attached hydrogens (tertiary/aromatic N) is 1. The number of thioether (sulfide) groups is 1. The van der Waals surface area contributed by atoms with Crippen LogP contribution in [0.15, 0.2) is 11.0 Å². The molecule has 0 aliphatic rings. The highest BCUT2D eigenvalue weighted by atomic mass is 32.2. The van der Waals surface area contributed by atoms with E-state index in [2.05, 4.69) is 0 Å². The van der Waals surface area contributed by atoms with Crippen LogP contribution >= 0.6 is 11.8 Å². The van der Waals surface area contributed by atoms with Crippen molar-refractivity contribution < 1.29 is 19.5 Å². The van der Waals surface area contributed by atoms with E-state index in [0.29, 0.717) is 5.62 Å². The molecule has 0 radical (unpaired) electrons. The molecule has 92 valence electrons. The number of carbonyl (C=O) groups excluding carboxylic acids is 2. The van der Waals surface area contributed by atoms with Crippen LogP contribution in [0.5, 0.6) is 0 Å². The van der Waals surface area contributed by atoms with Crippen molar-refractivity contribution in [3.63, 3.8) is 0 Å². The average Bonchev–Trinajstić information content (AvgIpc) is 2.26. The minimum atomic E-state index is -1.09. The lowest BCUT2D eigenvalue weighted by Crippen LogP contribution is -2.32. The Bertz CT molecular complexity index is 276. The van der Waals surface area contributed by atoms with Crippen molar-refractivity contribution in [3.05, 3.63) is 11.0 Å². The standard InChI is InChI=1S/C8H11NO4S.C2H6/c1-3-6(14-5-10)8(13)9(2)4-7(11)12;1-2/h3,5H,4H2,1-2H3,(H,11,12);1-2H3/b6-3-;. The zero-order chi connectivity index (χ0) is 13.1. The molecule has 0 rings (SSSR count). The molecule has 0 aliphatic heterocycles. The van der Waals surface area contributed by atoms with Crippen LogP contribution in [0.25, 0.3) is 0 Å². The second-order valence-corrected chi connectivity index (χ2v) is 3.29. The maximum absolute atomic E-state index is 11.4. The Morgan fingerprint density at radius 3 is 2.19 bits per heavy atom. The molecule has 0 saturated carbocycles. The Labute approximate surface area is 99.5 Å². The van der Waals surface area contributed by atoms with Crippen LogP contribution in [0.2, 0.25) is 0 Å². The molecular formula is C10H17NO4S. The lowest BCUT2D eigenvalue weighted by atomic mass is 10.4. The summed E-state index contributed by atoms with van der Waals surface area (Å²) in [6.45, 7) is 5.23. The van der Waals surface area contributed by atoms with Gasteiger partial charge in [-0.3, -0.25) is 14.4 Å². The van der Waals surface area contributed by atoms with E-state index in [1.807, 2.05) is 13.8 Å². The third kappa shape index (κ3) is 7.05. The van der Waals surface area contributed by atoms with Crippen molar-refractivity contribution in [2.24, 2.45) is 0 Å². The topological polar surface area (TPSA) is 74.7 Å². The number of aliphatic carboxylic acids is 1. The van der Waals surface area contributed by atoms with Crippen molar-refractivity contribution >= 4 is 29.3 Å². The second-order valence-electron chi connectivity index (χ2n) is 2.42. The van der Waals surface area contributed by atoms with Gasteiger partial charge in [-0.1, -0.05) is 19.9 Å². The summed E-state index contributed by atoms with van der Waals surface area (Å²) in [5.41, 5.74) is 0.530. The number of likely N-dealkylation sites (N-methyl/N-ethyl adjacent to an activating group) is 1. The second kappa shape index (κ2) is 10.2. The summed E-state index contributed by atoms with van der Waals surface area (Å²) >= 11 is 0.736. The number of hydrogen-bond acceptors (Lipinski definition) is 4. The van der Waals surface area contributed by atoms with E-state index >= 15 is 0 Å². The summed E-state index contributed by atoms with van der Waals surface area (Å²) in [6, 6.07) is 0. The zero-order valence-corrected chi connectivity index (χ0v) is 10.7. The number of allylic oxidation sites excluding steroid dienone is 1. The fourth-order valence-corrected chi connectivity index (χ4v) is 1.25. The summed E-state index contributed by atoms with van der Waals surface area (Å²) < 4.78 is 0. The molecule has 0 heterocycles. The lowest BCUT2D eigenvalue weighted by molar-refractivity contribution is -0.141. The first-order valence-corrected chi connectivity index (χ1v) is 5.64. The lowest BCUT2D eigenvalue weighted by Gasteiger charge is -2.14. The number of carboxylic acids is 1. The van der Waals surface area contributed by atoms with Crippen LogP contribution in [-0.2, 0) is 14.4 Å². The van der Waals surface area contributed by atoms with Crippen molar-refractivity contribution in [1.29, 1.82) is 0 Å². The highest BCUT2D eigenvalue weighted by Crippen LogP contribution is 2.14. The van der Waals surface area contributed by atoms with Crippen molar-refractivity contribution in [1.82, 2.24) is 4.90 Å². The van der Waals surface area contributed by atoms with Crippen molar-refractivity contribution in [3.8, 4) is 0 Å². The van der Waals surface area contributed by atoms with Crippen LogP contribution in [0.1, 0.15) is 20.8 Å². The van der Waals surface area contributed by atoms with Gasteiger partial charge in [0.25, 0.3) is 5.91 Å². The monoisotopic (exact) mass is 247 g/mol. The van der Waals surface area contributed by atoms with Crippen molar-refractivity contribution in [2.75, 3.05) is 13.6 Å². The van der Waals surface area contributed by atoms with Crippen LogP contribution < -0.4 is 0 Å². The summed E-state index contributed by atoms with van der Waals surface area (Å²) in [5.74, 6) is -1.56. The third-order valence-electron chi connectivity index (χ3n) is 1.37. The predicted molar refractivity (Wildman–Crippen MR) is 64.7 cm³/mol. The minimum absolute atomic E-state index is 0.226. The fourth-order valence-electron chi connectivity index (χ4n) is 0.757. The molecule has 6 heteroatoms. The van der Waals surface area contributed by atoms with E-state index in [4.69, 9.17) is 5.11 Å². The summed E-state index contributed by atoms with van der Waals surface area (Å²) in [5, 5.41) is 8.43. The van der Waals surface area contributed by atoms with Gasteiger partial charge in [-0.15, -0.1) is 0 Å². The van der Waals surface area contributed by atoms with Gasteiger partial charge in [-0.2, -0.15) is 0 Å². The van der Waals surface area contributed by atoms with Gasteiger partial charge in [-0.05, 0) is 18.7 Å². The molecule has 5 nitrogen and oxygen atoms in total. The van der Waals surface area contributed by atoms with Gasteiger partial charge in [0, 0.05) is 7.05 Å². The largest absolute Gasteiger partial charge is 0.480 e. The fraction of sp³-hybridized carbons (Fsp3) is 0.500. The number of rotatable bonds is 5. The molecule has 0 bridgehead atoms. The van der Waals surface area contributed by atoms with Crippen LogP contribution in [-0.4, -0.2) is 41.1 Å². The molecule has 0 spiro atoms. The van der Waals surface area contributed by atoms with Gasteiger partial charge in [0.1, 0.15) is 6.54 Å². The molecule has 1 N–H and O–H groups in total. The Morgan fingerprint density at radius 1 is 1.38 bits per heavy atom. The SMILES string of the molecule is C/C=C(\SC=O)C(=O)N(C)CC(=O)O.CC. The molecular weight excluding hydrogens is 230 g/mol. The molecule has 0 aromatic rings. The van der Waals surface area contributed by atoms with E-state index in [-0.39, 0.29) is 11.4 Å². The third-order valence-corrected chi connectivity index (χ3v) is 2.13. The molecule has 0 aromatic heterocycles. The van der Waals surface area contributed by atoms with Gasteiger partial charge in [-0.25, -0.2) is 0 Å². The predicted octanol–water partition coefficient (Wildman–Crippen LogP) is 1.38. The maximum atomic E-state index is 11.4. The normalized spacial score (nSPS) is 9.88. The number of carboxylic acid groups (broad SMARTS) is 1. The Hall–Kier alpha value is -1.30. The number of amides is 1. The first-order valence-electron chi connectivity index (χ1n) is 4.76. The Balaban J connectivity index is 0. The van der Waals surface area contributed by atoms with Crippen LogP contribution in [0.4, 0.5) is 0 Å². The van der Waals surface area contributed by atoms with Crippen LogP contribution in [0, 0.1) is 0 Å². The molecule has 16 heavy (non-hydrogen) atoms. The quantitative estimate of drug-likeness (QED) is 0.587. The molecule has 1 amide bonds. The average molecular weight is 247 g/mol. The molecule has 0 atom stereocenters. The molecule has 0 aromatic carbocycles. The van der Waals surface area contributed by atoms with Gasteiger partial charge in [0.05, 0.1) is 4.91 Å². The molecule has 0 unspecified atom stereocenters. The van der Waals surface area contributed by atoms with E-state index in [1.165, 1.54) is 13.1 Å². The summed E-state index contributed by atoms with van der Waals surface area (Å²) in [6.07, 6.45) is 1.47. The Kier molecular flexibility index (Phi) is 10.9. The molecule has 0 aliphatic carbocycles. The van der Waals surface area contributed by atoms with Gasteiger partial charge < -0.3 is 10.0 Å². The first kappa shape index (κ1) is 17.1. The summed E-state index contributed by atoms with van der Waals surface area (Å²) in [7, 11) is 1.37. The minimum Gasteiger partial charge on any atom is -0.480 e. The Morgan fingerprint density at radius 2 is 1.88 bits per heavy atom. The zero-order valence-electron chi connectivity index (χ0n) is 9.89. The van der Waals surface area contributed by atoms with Gasteiger partial charge >= 0.3 is 5.97 Å². The van der Waals surface area contributed by atoms with E-state index in [1.54, 1.807) is 6.92 Å². The number of hydrogen-bond donors (Lipinski definition) is 1. The highest BCUT2D eigenvalue weighted by Gasteiger charge is 2.16. The van der Waals surface area contributed by atoms with E-state index < -0.39 is 11.9 Å².